The molecule has 3 amide bonds. The summed E-state index contributed by atoms with van der Waals surface area (Å²) in [7, 11) is 1.40. The van der Waals surface area contributed by atoms with Gasteiger partial charge in [0.15, 0.2) is 5.67 Å². The molecule has 2 aliphatic rings. The fraction of sp³-hybridized carbons (Fsp3) is 0.333. The Morgan fingerprint density at radius 3 is 2.54 bits per heavy atom. The van der Waals surface area contributed by atoms with Crippen LogP contribution in [0.2, 0.25) is 0 Å². The Morgan fingerprint density at radius 2 is 1.90 bits per heavy atom. The monoisotopic (exact) mass is 538 g/mol. The molecule has 1 aliphatic carbocycles. The largest absolute Gasteiger partial charge is 0.496 e. The summed E-state index contributed by atoms with van der Waals surface area (Å²) in [5, 5.41) is 7.29. The maximum Gasteiger partial charge on any atom is 0.260 e. The van der Waals surface area contributed by atoms with Gasteiger partial charge in [-0.3, -0.25) is 14.4 Å². The quantitative estimate of drug-likeness (QED) is 0.402. The standard InChI is InChI=1S/C27H28F2N6O4/c1-39-20-7-6-17(28)12-19(20)25(37)32-13-15-2-4-16(5-3-15)22-21(24(31)36)23(30)35(33-22)18-8-11-34(14-18)26(38)27(29)9-10-27/h2-7,12,18H,8-11,13-14,30H2,1H3,(H2,31,36)(H,32,37)/t18-/m0/s1. The summed E-state index contributed by atoms with van der Waals surface area (Å²) in [5.74, 6) is -1.98. The van der Waals surface area contributed by atoms with E-state index >= 15 is 0 Å². The third kappa shape index (κ3) is 5.01. The van der Waals surface area contributed by atoms with E-state index < -0.39 is 29.2 Å². The molecule has 0 radical (unpaired) electrons. The predicted octanol–water partition coefficient (Wildman–Crippen LogP) is 2.58. The molecule has 12 heteroatoms. The van der Waals surface area contributed by atoms with E-state index in [4.69, 9.17) is 16.2 Å². The van der Waals surface area contributed by atoms with Crippen molar-refractivity contribution in [2.45, 2.75) is 37.5 Å². The lowest BCUT2D eigenvalue weighted by atomic mass is 10.0. The van der Waals surface area contributed by atoms with Gasteiger partial charge >= 0.3 is 0 Å². The van der Waals surface area contributed by atoms with E-state index in [1.54, 1.807) is 24.3 Å². The minimum Gasteiger partial charge on any atom is -0.496 e. The number of methoxy groups -OCH3 is 1. The van der Waals surface area contributed by atoms with Crippen molar-refractivity contribution in [2.75, 3.05) is 25.9 Å². The number of amides is 3. The Hall–Kier alpha value is -4.48. The first-order valence-corrected chi connectivity index (χ1v) is 12.5. The van der Waals surface area contributed by atoms with Crippen LogP contribution in [0.3, 0.4) is 0 Å². The summed E-state index contributed by atoms with van der Waals surface area (Å²) in [5.41, 5.74) is 11.9. The summed E-state index contributed by atoms with van der Waals surface area (Å²) in [6.07, 6.45) is 0.997. The zero-order valence-corrected chi connectivity index (χ0v) is 21.2. The average molecular weight is 539 g/mol. The van der Waals surface area contributed by atoms with E-state index in [1.165, 1.54) is 28.8 Å². The summed E-state index contributed by atoms with van der Waals surface area (Å²) in [6.45, 7) is 0.764. The van der Waals surface area contributed by atoms with E-state index in [0.717, 1.165) is 11.6 Å². The number of carbonyl (C=O) groups is 3. The molecule has 1 aliphatic heterocycles. The zero-order chi connectivity index (χ0) is 27.9. The number of aromatic nitrogens is 2. The van der Waals surface area contributed by atoms with Gasteiger partial charge in [0, 0.05) is 25.2 Å². The third-order valence-electron chi connectivity index (χ3n) is 7.15. The number of nitrogen functional groups attached to an aromatic ring is 1. The van der Waals surface area contributed by atoms with Gasteiger partial charge in [-0.1, -0.05) is 24.3 Å². The molecule has 10 nitrogen and oxygen atoms in total. The molecule has 204 valence electrons. The maximum atomic E-state index is 14.3. The average Bonchev–Trinajstić information content (AvgIpc) is 3.33. The summed E-state index contributed by atoms with van der Waals surface area (Å²) in [6, 6.07) is 10.3. The minimum absolute atomic E-state index is 0.0585. The van der Waals surface area contributed by atoms with Crippen LogP contribution < -0.4 is 21.5 Å². The second kappa shape index (κ2) is 10.0. The van der Waals surface area contributed by atoms with Crippen molar-refractivity contribution >= 4 is 23.5 Å². The number of benzene rings is 2. The van der Waals surface area contributed by atoms with Gasteiger partial charge < -0.3 is 26.4 Å². The van der Waals surface area contributed by atoms with Gasteiger partial charge in [-0.05, 0) is 43.0 Å². The van der Waals surface area contributed by atoms with Crippen molar-refractivity contribution in [3.05, 3.63) is 65.0 Å². The number of halogens is 2. The Balaban J connectivity index is 1.31. The number of anilines is 1. The van der Waals surface area contributed by atoms with Gasteiger partial charge in [0.1, 0.15) is 28.6 Å². The number of alkyl halides is 1. The van der Waals surface area contributed by atoms with Gasteiger partial charge in [-0.15, -0.1) is 0 Å². The molecular formula is C27H28F2N6O4. The molecule has 5 rings (SSSR count). The number of nitrogens with zero attached hydrogens (tertiary/aromatic N) is 3. The van der Waals surface area contributed by atoms with E-state index in [1.807, 2.05) is 0 Å². The maximum absolute atomic E-state index is 14.3. The number of carbonyl (C=O) groups excluding carboxylic acids is 3. The van der Waals surface area contributed by atoms with E-state index in [9.17, 15) is 23.2 Å². The Bertz CT molecular complexity index is 1450. The Labute approximate surface area is 222 Å². The van der Waals surface area contributed by atoms with Crippen LogP contribution in [0.1, 0.15) is 51.6 Å². The molecular weight excluding hydrogens is 510 g/mol. The van der Waals surface area contributed by atoms with Gasteiger partial charge in [-0.25, -0.2) is 13.5 Å². The van der Waals surface area contributed by atoms with Gasteiger partial charge in [0.05, 0.1) is 18.7 Å². The zero-order valence-electron chi connectivity index (χ0n) is 21.2. The highest BCUT2D eigenvalue weighted by molar-refractivity contribution is 6.03. The molecule has 3 aromatic rings. The Kier molecular flexibility index (Phi) is 6.71. The molecule has 1 aromatic heterocycles. The highest BCUT2D eigenvalue weighted by Gasteiger charge is 2.53. The van der Waals surface area contributed by atoms with Crippen LogP contribution in [0.5, 0.6) is 5.75 Å². The highest BCUT2D eigenvalue weighted by atomic mass is 19.1. The van der Waals surface area contributed by atoms with Crippen LogP contribution in [0.4, 0.5) is 14.6 Å². The van der Waals surface area contributed by atoms with Crippen LogP contribution in [0.25, 0.3) is 11.3 Å². The first-order valence-electron chi connectivity index (χ1n) is 12.5. The fourth-order valence-corrected chi connectivity index (χ4v) is 4.82. The molecule has 0 unspecified atom stereocenters. The molecule has 5 N–H and O–H groups in total. The van der Waals surface area contributed by atoms with Crippen molar-refractivity contribution in [1.29, 1.82) is 0 Å². The lowest BCUT2D eigenvalue weighted by molar-refractivity contribution is -0.137. The van der Waals surface area contributed by atoms with Crippen LogP contribution >= 0.6 is 0 Å². The smallest absolute Gasteiger partial charge is 0.260 e. The number of hydrogen-bond donors (Lipinski definition) is 3. The van der Waals surface area contributed by atoms with Crippen molar-refractivity contribution in [3.8, 4) is 17.0 Å². The summed E-state index contributed by atoms with van der Waals surface area (Å²) < 4.78 is 34.5. The van der Waals surface area contributed by atoms with Crippen molar-refractivity contribution < 1.29 is 27.9 Å². The second-order valence-corrected chi connectivity index (χ2v) is 9.80. The van der Waals surface area contributed by atoms with Gasteiger partial charge in [-0.2, -0.15) is 5.10 Å². The molecule has 1 saturated heterocycles. The number of ether oxygens (including phenoxy) is 1. The molecule has 0 bridgehead atoms. The molecule has 2 aromatic carbocycles. The third-order valence-corrected chi connectivity index (χ3v) is 7.15. The Morgan fingerprint density at radius 1 is 1.18 bits per heavy atom. The topological polar surface area (TPSA) is 146 Å². The molecule has 2 heterocycles. The van der Waals surface area contributed by atoms with Crippen LogP contribution in [-0.4, -0.2) is 58.3 Å². The van der Waals surface area contributed by atoms with Crippen LogP contribution in [0.15, 0.2) is 42.5 Å². The second-order valence-electron chi connectivity index (χ2n) is 9.80. The number of rotatable bonds is 8. The predicted molar refractivity (Wildman–Crippen MR) is 138 cm³/mol. The van der Waals surface area contributed by atoms with Gasteiger partial charge in [0.2, 0.25) is 0 Å². The number of likely N-dealkylation sites (tertiary alicyclic amines) is 1. The van der Waals surface area contributed by atoms with E-state index in [-0.39, 0.29) is 60.4 Å². The van der Waals surface area contributed by atoms with Crippen molar-refractivity contribution in [2.24, 2.45) is 5.73 Å². The molecule has 0 spiro atoms. The van der Waals surface area contributed by atoms with Crippen molar-refractivity contribution in [3.63, 3.8) is 0 Å². The number of nitrogens with one attached hydrogen (secondary N) is 1. The number of nitrogens with two attached hydrogens (primary N) is 2. The molecule has 1 atom stereocenters. The molecule has 2 fully saturated rings. The van der Waals surface area contributed by atoms with E-state index in [2.05, 4.69) is 10.4 Å². The van der Waals surface area contributed by atoms with Crippen molar-refractivity contribution in [1.82, 2.24) is 20.0 Å². The minimum atomic E-state index is -1.75. The first-order chi connectivity index (χ1) is 18.6. The van der Waals surface area contributed by atoms with Crippen LogP contribution in [0, 0.1) is 5.82 Å². The molecule has 39 heavy (non-hydrogen) atoms. The SMILES string of the molecule is COc1ccc(F)cc1C(=O)NCc1ccc(-c2nn([C@H]3CCN(C(=O)C4(F)CC4)C3)c(N)c2C(N)=O)cc1. The number of hydrogen-bond acceptors (Lipinski definition) is 6. The molecule has 1 saturated carbocycles. The first kappa shape index (κ1) is 26.1. The normalized spacial score (nSPS) is 17.6. The lowest BCUT2D eigenvalue weighted by Gasteiger charge is -2.19. The van der Waals surface area contributed by atoms with Crippen LogP contribution in [-0.2, 0) is 11.3 Å². The fourth-order valence-electron chi connectivity index (χ4n) is 4.82. The summed E-state index contributed by atoms with van der Waals surface area (Å²) >= 11 is 0. The lowest BCUT2D eigenvalue weighted by Crippen LogP contribution is -2.37. The number of primary amides is 1. The summed E-state index contributed by atoms with van der Waals surface area (Å²) in [4.78, 5) is 38.8. The highest BCUT2D eigenvalue weighted by Crippen LogP contribution is 2.43. The van der Waals surface area contributed by atoms with E-state index in [0.29, 0.717) is 18.5 Å². The van der Waals surface area contributed by atoms with Gasteiger partial charge in [0.25, 0.3) is 17.7 Å².